The van der Waals surface area contributed by atoms with E-state index in [1.54, 1.807) is 33.0 Å². The van der Waals surface area contributed by atoms with E-state index in [-0.39, 0.29) is 24.0 Å². The largest absolute Gasteiger partial charge is 0.444 e. The summed E-state index contributed by atoms with van der Waals surface area (Å²) in [5, 5.41) is 9.54. The van der Waals surface area contributed by atoms with Crippen LogP contribution in [0.2, 0.25) is 0 Å². The van der Waals surface area contributed by atoms with E-state index in [1.165, 1.54) is 22.1 Å². The van der Waals surface area contributed by atoms with Crippen LogP contribution in [0.25, 0.3) is 20.7 Å². The average molecular weight is 645 g/mol. The lowest BCUT2D eigenvalue weighted by Crippen LogP contribution is -2.36. The first-order chi connectivity index (χ1) is 21.5. The van der Waals surface area contributed by atoms with Gasteiger partial charge in [0.1, 0.15) is 34.0 Å². The van der Waals surface area contributed by atoms with Crippen molar-refractivity contribution in [3.63, 3.8) is 0 Å². The highest BCUT2D eigenvalue weighted by atomic mass is 32.1. The SMILES string of the molecule is CC(C)(C)OC(=O)Nc1cc2sc(CNC(=O)[C@@H]3CCc4ncc(NC(=O)c5nsc(-c6ccccc6)n5)c(=O)n43)cc2cn1. The number of aromatic nitrogens is 5. The molecule has 1 atom stereocenters. The van der Waals surface area contributed by atoms with E-state index in [1.807, 2.05) is 36.4 Å². The Morgan fingerprint density at radius 1 is 1.07 bits per heavy atom. The molecule has 3 amide bonds. The first-order valence-electron chi connectivity index (χ1n) is 14.0. The van der Waals surface area contributed by atoms with Gasteiger partial charge in [-0.2, -0.15) is 4.37 Å². The number of carbonyl (C=O) groups is 3. The van der Waals surface area contributed by atoms with Gasteiger partial charge in [0.2, 0.25) is 11.7 Å². The normalized spacial score (nSPS) is 14.2. The van der Waals surface area contributed by atoms with E-state index in [0.29, 0.717) is 29.5 Å². The van der Waals surface area contributed by atoms with Crippen LogP contribution >= 0.6 is 22.9 Å². The number of pyridine rings is 1. The van der Waals surface area contributed by atoms with Gasteiger partial charge in [-0.1, -0.05) is 30.3 Å². The predicted octanol–water partition coefficient (Wildman–Crippen LogP) is 4.77. The van der Waals surface area contributed by atoms with Gasteiger partial charge in [-0.3, -0.25) is 24.3 Å². The minimum Gasteiger partial charge on any atom is -0.444 e. The fourth-order valence-corrected chi connectivity index (χ4v) is 6.45. The highest BCUT2D eigenvalue weighted by molar-refractivity contribution is 7.19. The molecular formula is C30H28N8O5S2. The Bertz CT molecular complexity index is 1980. The first-order valence-corrected chi connectivity index (χ1v) is 15.6. The maximum Gasteiger partial charge on any atom is 0.413 e. The molecule has 0 spiro atoms. The number of ether oxygens (including phenoxy) is 1. The van der Waals surface area contributed by atoms with Crippen LogP contribution in [0.5, 0.6) is 0 Å². The zero-order chi connectivity index (χ0) is 31.7. The molecule has 6 rings (SSSR count). The summed E-state index contributed by atoms with van der Waals surface area (Å²) in [6.45, 7) is 5.57. The summed E-state index contributed by atoms with van der Waals surface area (Å²) in [5.74, 6) is -0.222. The number of amides is 3. The predicted molar refractivity (Wildman–Crippen MR) is 170 cm³/mol. The lowest BCUT2D eigenvalue weighted by Gasteiger charge is -2.19. The summed E-state index contributed by atoms with van der Waals surface area (Å²) in [4.78, 5) is 65.4. The molecule has 0 aliphatic carbocycles. The summed E-state index contributed by atoms with van der Waals surface area (Å²) < 4.78 is 11.6. The fourth-order valence-electron chi connectivity index (χ4n) is 4.77. The monoisotopic (exact) mass is 644 g/mol. The number of carbonyl (C=O) groups excluding carboxylic acids is 3. The second kappa shape index (κ2) is 12.2. The number of anilines is 2. The second-order valence-corrected chi connectivity index (χ2v) is 13.1. The lowest BCUT2D eigenvalue weighted by molar-refractivity contribution is -0.124. The van der Waals surface area contributed by atoms with Crippen molar-refractivity contribution in [3.05, 3.63) is 81.7 Å². The molecule has 0 unspecified atom stereocenters. The Labute approximate surface area is 264 Å². The molecule has 1 aliphatic rings. The van der Waals surface area contributed by atoms with Crippen LogP contribution in [0.1, 0.15) is 54.6 Å². The summed E-state index contributed by atoms with van der Waals surface area (Å²) in [6.07, 6.45) is 3.18. The Morgan fingerprint density at radius 3 is 2.64 bits per heavy atom. The number of aryl methyl sites for hydroxylation is 1. The number of thiophene rings is 1. The van der Waals surface area contributed by atoms with Crippen LogP contribution in [0, 0.1) is 0 Å². The third kappa shape index (κ3) is 6.73. The van der Waals surface area contributed by atoms with Crippen molar-refractivity contribution in [3.8, 4) is 10.6 Å². The van der Waals surface area contributed by atoms with E-state index in [2.05, 4.69) is 35.3 Å². The molecule has 0 fully saturated rings. The molecule has 0 saturated heterocycles. The molecule has 45 heavy (non-hydrogen) atoms. The van der Waals surface area contributed by atoms with E-state index in [4.69, 9.17) is 4.74 Å². The molecule has 15 heteroatoms. The van der Waals surface area contributed by atoms with Crippen molar-refractivity contribution in [2.45, 2.75) is 51.8 Å². The third-order valence-electron chi connectivity index (χ3n) is 6.74. The van der Waals surface area contributed by atoms with E-state index >= 15 is 0 Å². The maximum atomic E-state index is 13.4. The van der Waals surface area contributed by atoms with Crippen molar-refractivity contribution < 1.29 is 19.1 Å². The lowest BCUT2D eigenvalue weighted by atomic mass is 10.2. The van der Waals surface area contributed by atoms with Crippen molar-refractivity contribution in [1.29, 1.82) is 0 Å². The topological polar surface area (TPSA) is 170 Å². The van der Waals surface area contributed by atoms with Crippen molar-refractivity contribution in [2.75, 3.05) is 10.6 Å². The molecule has 0 bridgehead atoms. The zero-order valence-corrected chi connectivity index (χ0v) is 26.1. The minimum atomic E-state index is -0.778. The Kier molecular flexibility index (Phi) is 8.12. The summed E-state index contributed by atoms with van der Waals surface area (Å²) in [5.41, 5.74) is -0.394. The molecule has 0 radical (unpaired) electrons. The van der Waals surface area contributed by atoms with Crippen LogP contribution in [-0.4, -0.2) is 47.4 Å². The van der Waals surface area contributed by atoms with Gasteiger partial charge in [0.25, 0.3) is 11.5 Å². The van der Waals surface area contributed by atoms with Crippen LogP contribution in [-0.2, 0) is 22.5 Å². The molecule has 5 heterocycles. The van der Waals surface area contributed by atoms with Crippen molar-refractivity contribution in [2.24, 2.45) is 0 Å². The Morgan fingerprint density at radius 2 is 1.87 bits per heavy atom. The fraction of sp³-hybridized carbons (Fsp3) is 0.267. The highest BCUT2D eigenvalue weighted by Crippen LogP contribution is 2.28. The van der Waals surface area contributed by atoms with Gasteiger partial charge >= 0.3 is 6.09 Å². The van der Waals surface area contributed by atoms with Crippen LogP contribution in [0.15, 0.2) is 59.7 Å². The Hall–Kier alpha value is -5.02. The smallest absolute Gasteiger partial charge is 0.413 e. The molecule has 0 saturated carbocycles. The molecule has 1 aromatic carbocycles. The van der Waals surface area contributed by atoms with E-state index in [9.17, 15) is 19.2 Å². The minimum absolute atomic E-state index is 0.0627. The summed E-state index contributed by atoms with van der Waals surface area (Å²) >= 11 is 2.53. The standard InChI is InChI=1S/C30H28N8O5S2/c1-30(2,3)43-29(42)35-22-12-21-17(13-31-22)11-18(44-21)14-33-25(39)20-9-10-23-32-15-19(28(41)38(20)23)34-26(40)24-36-27(45-37-24)16-7-5-4-6-8-16/h4-8,11-13,15,20H,9-10,14H2,1-3H3,(H,33,39)(H,34,40)(H,31,35,42)/t20-/m0/s1. The van der Waals surface area contributed by atoms with E-state index < -0.39 is 29.2 Å². The molecule has 5 aromatic rings. The number of nitrogens with zero attached hydrogens (tertiary/aromatic N) is 5. The average Bonchev–Trinajstić information content (AvgIpc) is 3.75. The number of nitrogens with one attached hydrogen (secondary N) is 3. The molecular weight excluding hydrogens is 617 g/mol. The van der Waals surface area contributed by atoms with Crippen molar-refractivity contribution in [1.82, 2.24) is 29.2 Å². The molecule has 1 aliphatic heterocycles. The second-order valence-electron chi connectivity index (χ2n) is 11.2. The quantitative estimate of drug-likeness (QED) is 0.226. The Balaban J connectivity index is 1.11. The number of hydrogen-bond donors (Lipinski definition) is 3. The van der Waals surface area contributed by atoms with Gasteiger partial charge in [0.15, 0.2) is 0 Å². The van der Waals surface area contributed by atoms with Gasteiger partial charge in [0, 0.05) is 33.1 Å². The van der Waals surface area contributed by atoms with Crippen LogP contribution in [0.4, 0.5) is 16.3 Å². The summed E-state index contributed by atoms with van der Waals surface area (Å²) in [6, 6.07) is 12.2. The highest BCUT2D eigenvalue weighted by Gasteiger charge is 2.31. The zero-order valence-electron chi connectivity index (χ0n) is 24.5. The first kappa shape index (κ1) is 30.0. The maximum absolute atomic E-state index is 13.4. The van der Waals surface area contributed by atoms with Crippen molar-refractivity contribution >= 4 is 62.4 Å². The third-order valence-corrected chi connectivity index (χ3v) is 8.60. The molecule has 4 aromatic heterocycles. The van der Waals surface area contributed by atoms with Crippen LogP contribution in [0.3, 0.4) is 0 Å². The van der Waals surface area contributed by atoms with Gasteiger partial charge in [-0.05, 0) is 50.9 Å². The number of fused-ring (bicyclic) bond motifs is 2. The van der Waals surface area contributed by atoms with Gasteiger partial charge in [0.05, 0.1) is 12.7 Å². The molecule has 230 valence electrons. The summed E-state index contributed by atoms with van der Waals surface area (Å²) in [7, 11) is 0. The van der Waals surface area contributed by atoms with Gasteiger partial charge in [-0.25, -0.2) is 19.7 Å². The number of rotatable bonds is 7. The van der Waals surface area contributed by atoms with Gasteiger partial charge < -0.3 is 15.4 Å². The molecule has 3 N–H and O–H groups in total. The van der Waals surface area contributed by atoms with Crippen LogP contribution < -0.4 is 21.5 Å². The van der Waals surface area contributed by atoms with E-state index in [0.717, 1.165) is 32.1 Å². The van der Waals surface area contributed by atoms with Gasteiger partial charge in [-0.15, -0.1) is 11.3 Å². The molecule has 13 nitrogen and oxygen atoms in total. The number of hydrogen-bond acceptors (Lipinski definition) is 11. The number of benzene rings is 1.